The van der Waals surface area contributed by atoms with Gasteiger partial charge < -0.3 is 5.73 Å². The summed E-state index contributed by atoms with van der Waals surface area (Å²) in [6.45, 7) is 0.188. The number of nitrogens with one attached hydrogen (secondary N) is 2. The number of ketones is 1. The van der Waals surface area contributed by atoms with Crippen LogP contribution in [-0.4, -0.2) is 62.4 Å². The van der Waals surface area contributed by atoms with E-state index < -0.39 is 61.3 Å². The number of H-pyrrole nitrogens is 1. The third-order valence-electron chi connectivity index (χ3n) is 4.99. The standard InChI is InChI=1S/C20H19AsN6O8/c22-20-26-16-15(17(29)27-20)25-12(8-24-16)7-23-11-3-1-9(2-4-11)14(28)6-10(18(30)31)5-13(19(32)33)21(34)35/h1-4,8,10,13,23H,5-7H2,(H,30,31)(H,32,33)(H3,22,24,26,27,29)/t10-,13?/m1/s1. The number of carboxylic acid groups (broad SMARTS) is 2. The Hall–Kier alpha value is -4.19. The predicted molar refractivity (Wildman–Crippen MR) is 119 cm³/mol. The number of hydrogen-bond donors (Lipinski definition) is 5. The maximum Gasteiger partial charge on any atom is 0.280 e. The smallest absolute Gasteiger partial charge is 0.280 e. The van der Waals surface area contributed by atoms with Gasteiger partial charge in [-0.05, 0) is 0 Å². The van der Waals surface area contributed by atoms with Gasteiger partial charge in [0, 0.05) is 0 Å². The predicted octanol–water partition coefficient (Wildman–Crippen LogP) is 0.375. The maximum absolute atomic E-state index is 12.5. The van der Waals surface area contributed by atoms with Crippen LogP contribution in [0.2, 0.25) is 4.71 Å². The van der Waals surface area contributed by atoms with Gasteiger partial charge in [0.1, 0.15) is 0 Å². The number of anilines is 2. The third kappa shape index (κ3) is 6.44. The molecule has 14 nitrogen and oxygen atoms in total. The Balaban J connectivity index is 1.65. The van der Waals surface area contributed by atoms with Gasteiger partial charge in [-0.3, -0.25) is 9.78 Å². The topological polar surface area (TPSA) is 235 Å². The van der Waals surface area contributed by atoms with Crippen molar-refractivity contribution in [2.75, 3.05) is 11.1 Å². The number of aromatic nitrogens is 4. The number of benzene rings is 1. The van der Waals surface area contributed by atoms with E-state index in [0.717, 1.165) is 0 Å². The molecule has 1 aromatic carbocycles. The number of aromatic amines is 1. The van der Waals surface area contributed by atoms with Crippen LogP contribution in [0.3, 0.4) is 0 Å². The van der Waals surface area contributed by atoms with Crippen molar-refractivity contribution in [1.82, 2.24) is 19.9 Å². The third-order valence-corrected chi connectivity index (χ3v) is 6.97. The molecule has 2 atom stereocenters. The van der Waals surface area contributed by atoms with Gasteiger partial charge in [-0.1, -0.05) is 0 Å². The number of nitrogens with zero attached hydrogens (tertiary/aromatic N) is 3. The molecule has 0 spiro atoms. The van der Waals surface area contributed by atoms with Gasteiger partial charge in [0.05, 0.1) is 6.20 Å². The van der Waals surface area contributed by atoms with Crippen molar-refractivity contribution < 1.29 is 32.1 Å². The number of carbonyl (C=O) groups excluding carboxylic acids is 1. The zero-order valence-corrected chi connectivity index (χ0v) is 19.7. The van der Waals surface area contributed by atoms with E-state index >= 15 is 0 Å². The number of hydrogen-bond acceptors (Lipinski definition) is 11. The van der Waals surface area contributed by atoms with Crippen LogP contribution in [0.1, 0.15) is 28.9 Å². The van der Waals surface area contributed by atoms with E-state index in [1.54, 1.807) is 12.1 Å². The second-order valence-electron chi connectivity index (χ2n) is 7.45. The fourth-order valence-electron chi connectivity index (χ4n) is 3.18. The van der Waals surface area contributed by atoms with E-state index in [-0.39, 0.29) is 29.2 Å². The Morgan fingerprint density at radius 3 is 2.37 bits per heavy atom. The van der Waals surface area contributed by atoms with Crippen LogP contribution in [0.5, 0.6) is 0 Å². The molecule has 3 rings (SSSR count). The van der Waals surface area contributed by atoms with Gasteiger partial charge in [0.25, 0.3) is 5.56 Å². The Labute approximate surface area is 200 Å². The second kappa shape index (κ2) is 10.8. The molecule has 0 fully saturated rings. The monoisotopic (exact) mass is 546 g/mol. The normalized spacial score (nSPS) is 12.6. The Kier molecular flexibility index (Phi) is 7.86. The maximum atomic E-state index is 12.5. The number of rotatable bonds is 11. The summed E-state index contributed by atoms with van der Waals surface area (Å²) in [6.07, 6.45) is 0.196. The molecule has 35 heavy (non-hydrogen) atoms. The fraction of sp³-hybridized carbons (Fsp3) is 0.250. The largest absolute Gasteiger partial charge is 0.291 e. The molecule has 2 aromatic heterocycles. The van der Waals surface area contributed by atoms with Crippen molar-refractivity contribution in [3.8, 4) is 0 Å². The first-order valence-corrected chi connectivity index (χ1v) is 12.6. The summed E-state index contributed by atoms with van der Waals surface area (Å²) in [5.74, 6) is -5.19. The van der Waals surface area contributed by atoms with Gasteiger partial charge in [0.15, 0.2) is 11.2 Å². The molecule has 0 saturated heterocycles. The number of fused-ring (bicyclic) bond motifs is 1. The van der Waals surface area contributed by atoms with E-state index in [9.17, 15) is 31.8 Å². The molecule has 0 amide bonds. The molecule has 0 aliphatic rings. The van der Waals surface area contributed by atoms with Crippen LogP contribution in [0.15, 0.2) is 35.3 Å². The summed E-state index contributed by atoms with van der Waals surface area (Å²) in [5, 5.41) is 21.3. The number of nitrogen functional groups attached to an aromatic ring is 1. The van der Waals surface area contributed by atoms with E-state index in [1.807, 2.05) is 0 Å². The average Bonchev–Trinajstić information content (AvgIpc) is 2.80. The first-order valence-electron chi connectivity index (χ1n) is 10.0. The fourth-order valence-corrected chi connectivity index (χ4v) is 4.46. The molecule has 182 valence electrons. The number of aliphatic carboxylic acids is 2. The van der Waals surface area contributed by atoms with E-state index in [2.05, 4.69) is 25.3 Å². The summed E-state index contributed by atoms with van der Waals surface area (Å²) in [6, 6.07) is 6.01. The molecule has 0 aliphatic heterocycles. The van der Waals surface area contributed by atoms with Crippen molar-refractivity contribution in [3.63, 3.8) is 0 Å². The molecule has 0 aliphatic carbocycles. The zero-order chi connectivity index (χ0) is 25.7. The van der Waals surface area contributed by atoms with Crippen LogP contribution in [-0.2, 0) is 23.6 Å². The first-order chi connectivity index (χ1) is 16.5. The molecule has 2 heterocycles. The molecule has 0 radical (unpaired) electrons. The average molecular weight is 546 g/mol. The van der Waals surface area contributed by atoms with Crippen LogP contribution in [0.25, 0.3) is 11.2 Å². The summed E-state index contributed by atoms with van der Waals surface area (Å²) in [7, 11) is 0. The van der Waals surface area contributed by atoms with Crippen LogP contribution in [0.4, 0.5) is 11.6 Å². The van der Waals surface area contributed by atoms with Gasteiger partial charge in [-0.15, -0.1) is 0 Å². The van der Waals surface area contributed by atoms with Crippen molar-refractivity contribution >= 4 is 55.1 Å². The van der Waals surface area contributed by atoms with Gasteiger partial charge in [0.2, 0.25) is 5.95 Å². The summed E-state index contributed by atoms with van der Waals surface area (Å²) >= 11 is -4.21. The van der Waals surface area contributed by atoms with E-state index in [1.165, 1.54) is 18.3 Å². The van der Waals surface area contributed by atoms with Gasteiger partial charge in [-0.2, -0.15) is 4.98 Å². The van der Waals surface area contributed by atoms with E-state index in [4.69, 9.17) is 10.8 Å². The SMILES string of the molecule is Nc1nc2ncc(CNc3ccc(C(=O)C[C@@H](CC(C(=O)O)[As](=O)=O)C(=O)O)cc3)nc2c(=O)[nH]1. The number of Topliss-reactive ketones (excluding diaryl/α,β-unsaturated/α-hetero) is 1. The molecule has 0 bridgehead atoms. The van der Waals surface area contributed by atoms with E-state index in [0.29, 0.717) is 11.4 Å². The van der Waals surface area contributed by atoms with Crippen molar-refractivity contribution in [2.24, 2.45) is 5.92 Å². The molecular weight excluding hydrogens is 527 g/mol. The van der Waals surface area contributed by atoms with Crippen LogP contribution >= 0.6 is 0 Å². The molecule has 3 aromatic rings. The number of carboxylic acids is 2. The summed E-state index contributed by atoms with van der Waals surface area (Å²) in [4.78, 5) is 61.5. The Bertz CT molecular complexity index is 1410. The minimum Gasteiger partial charge on any atom is -0.291 e. The van der Waals surface area contributed by atoms with Gasteiger partial charge in [-0.25, -0.2) is 9.97 Å². The van der Waals surface area contributed by atoms with Crippen molar-refractivity contribution in [2.45, 2.75) is 24.1 Å². The van der Waals surface area contributed by atoms with Crippen molar-refractivity contribution in [3.05, 3.63) is 52.1 Å². The Morgan fingerprint density at radius 2 is 1.77 bits per heavy atom. The van der Waals surface area contributed by atoms with Gasteiger partial charge >= 0.3 is 141 Å². The van der Waals surface area contributed by atoms with Crippen LogP contribution in [0, 0.1) is 5.92 Å². The zero-order valence-electron chi connectivity index (χ0n) is 17.9. The Morgan fingerprint density at radius 1 is 1.09 bits per heavy atom. The second-order valence-corrected chi connectivity index (χ2v) is 9.96. The molecular formula is C20H19AsN6O8. The quantitative estimate of drug-likeness (QED) is 0.162. The summed E-state index contributed by atoms with van der Waals surface area (Å²) in [5.41, 5.74) is 6.27. The first kappa shape index (κ1) is 25.4. The molecule has 15 heteroatoms. The minimum atomic E-state index is -4.21. The number of carbonyl (C=O) groups is 3. The summed E-state index contributed by atoms with van der Waals surface area (Å²) < 4.78 is 20.5. The molecule has 1 unspecified atom stereocenters. The van der Waals surface area contributed by atoms with Crippen molar-refractivity contribution in [1.29, 1.82) is 0 Å². The minimum absolute atomic E-state index is 0.0284. The number of nitrogens with two attached hydrogens (primary N) is 1. The molecule has 6 N–H and O–H groups in total. The van der Waals surface area contributed by atoms with Crippen LogP contribution < -0.4 is 16.6 Å². The molecule has 0 saturated carbocycles.